The van der Waals surface area contributed by atoms with Gasteiger partial charge in [0.05, 0.1) is 34.1 Å². The number of benzene rings is 3. The second kappa shape index (κ2) is 23.0. The van der Waals surface area contributed by atoms with Gasteiger partial charge in [-0.3, -0.25) is 0 Å². The van der Waals surface area contributed by atoms with E-state index in [4.69, 9.17) is 76.4 Å². The number of hydrogen-bond acceptors (Lipinski definition) is 15. The molecule has 0 bridgehead atoms. The van der Waals surface area contributed by atoms with Crippen LogP contribution >= 0.6 is 0 Å². The normalized spacial score (nSPS) is 11.4. The molecule has 15 nitrogen and oxygen atoms in total. The van der Waals surface area contributed by atoms with E-state index < -0.39 is 20.5 Å². The minimum atomic E-state index is -4.94. The maximum Gasteiger partial charge on any atom is 2.00 e. The molecular formula is C22H32Cl2FeN6O9. The summed E-state index contributed by atoms with van der Waals surface area (Å²) in [5, 5.41) is 0. The molecule has 12 N–H and O–H groups in total. The van der Waals surface area contributed by atoms with Gasteiger partial charge in [-0.25, -0.2) is 37.3 Å². The molecule has 0 spiro atoms. The molecule has 18 heteroatoms. The summed E-state index contributed by atoms with van der Waals surface area (Å²) in [5.74, 6) is 0. The number of nitrogens with two attached hydrogens (primary N) is 6. The Morgan fingerprint density at radius 2 is 0.575 bits per heavy atom. The van der Waals surface area contributed by atoms with Crippen molar-refractivity contribution in [1.29, 1.82) is 0 Å². The maximum atomic E-state index is 8.49. The van der Waals surface area contributed by atoms with Crippen LogP contribution in [-0.4, -0.2) is 13.2 Å². The largest absolute Gasteiger partial charge is 2.00 e. The van der Waals surface area contributed by atoms with Gasteiger partial charge in [-0.15, -0.1) is 20.5 Å². The number of ether oxygens (including phenoxy) is 1. The summed E-state index contributed by atoms with van der Waals surface area (Å²) in [7, 11) is -9.89. The topological polar surface area (TPSA) is 350 Å². The molecule has 0 atom stereocenters. The summed E-state index contributed by atoms with van der Waals surface area (Å²) in [6, 6.07) is 21.8. The number of nitrogen functional groups attached to an aromatic ring is 6. The van der Waals surface area contributed by atoms with Crippen molar-refractivity contribution in [3.63, 3.8) is 0 Å². The number of halogens is 2. The van der Waals surface area contributed by atoms with E-state index in [0.717, 1.165) is 13.2 Å². The van der Waals surface area contributed by atoms with Gasteiger partial charge in [0, 0.05) is 13.2 Å². The van der Waals surface area contributed by atoms with Gasteiger partial charge in [-0.05, 0) is 49.2 Å². The minimum Gasteiger partial charge on any atom is -0.397 e. The maximum absolute atomic E-state index is 8.49. The van der Waals surface area contributed by atoms with Crippen LogP contribution in [-0.2, 0) is 21.8 Å². The predicted molar refractivity (Wildman–Crippen MR) is 126 cm³/mol. The average Bonchev–Trinajstić information content (AvgIpc) is 3.39. The molecule has 1 saturated heterocycles. The summed E-state index contributed by atoms with van der Waals surface area (Å²) >= 11 is 0. The minimum absolute atomic E-state index is 0. The Labute approximate surface area is 246 Å². The molecule has 0 aromatic heterocycles. The van der Waals surface area contributed by atoms with Gasteiger partial charge >= 0.3 is 17.1 Å². The third-order valence-corrected chi connectivity index (χ3v) is 3.82. The van der Waals surface area contributed by atoms with Crippen molar-refractivity contribution < 1.29 is 79.6 Å². The third kappa shape index (κ3) is 33.2. The van der Waals surface area contributed by atoms with Crippen LogP contribution in [0.4, 0.5) is 34.1 Å². The summed E-state index contributed by atoms with van der Waals surface area (Å²) in [6.07, 6.45) is 2.56. The standard InChI is InChI=1S/3C6H8N2.C4H8O.2ClHO4.Fe/c3*7-5-3-1-2-4-6(5)8;1-2-4-5-3-1;2*2-1(3,4)5;/h3*1-4H,7-8H2;1-4H2;2*(H,2,3,4,5);/q;;;;;;+2/p-2. The molecule has 1 heterocycles. The number of anilines is 6. The Hall–Kier alpha value is -2.80. The molecule has 3 aromatic carbocycles. The zero-order chi connectivity index (χ0) is 30.5. The van der Waals surface area contributed by atoms with E-state index in [1.165, 1.54) is 12.8 Å². The second-order valence-corrected chi connectivity index (χ2v) is 8.47. The van der Waals surface area contributed by atoms with Crippen molar-refractivity contribution in [2.24, 2.45) is 0 Å². The molecule has 0 amide bonds. The number of rotatable bonds is 0. The van der Waals surface area contributed by atoms with E-state index in [9.17, 15) is 0 Å². The van der Waals surface area contributed by atoms with E-state index in [1.54, 1.807) is 36.4 Å². The van der Waals surface area contributed by atoms with Gasteiger partial charge in [0.15, 0.2) is 0 Å². The first kappa shape index (κ1) is 41.7. The Morgan fingerprint density at radius 1 is 0.425 bits per heavy atom. The van der Waals surface area contributed by atoms with Crippen LogP contribution in [0.5, 0.6) is 0 Å². The van der Waals surface area contributed by atoms with Crippen molar-refractivity contribution in [3.8, 4) is 0 Å². The summed E-state index contributed by atoms with van der Waals surface area (Å²) in [4.78, 5) is 0. The fourth-order valence-corrected chi connectivity index (χ4v) is 2.04. The van der Waals surface area contributed by atoms with Crippen LogP contribution in [0.25, 0.3) is 0 Å². The van der Waals surface area contributed by atoms with Gasteiger partial charge < -0.3 is 39.1 Å². The molecule has 3 aromatic rings. The molecule has 226 valence electrons. The molecule has 1 aliphatic heterocycles. The quantitative estimate of drug-likeness (QED) is 0.0973. The molecule has 0 aliphatic carbocycles. The van der Waals surface area contributed by atoms with Crippen molar-refractivity contribution in [2.75, 3.05) is 47.6 Å². The number of para-hydroxylation sites is 6. The predicted octanol–water partition coefficient (Wildman–Crippen LogP) is -6.16. The Balaban J connectivity index is -0.000000415. The van der Waals surface area contributed by atoms with Gasteiger partial charge in [0.2, 0.25) is 0 Å². The van der Waals surface area contributed by atoms with E-state index in [1.807, 2.05) is 36.4 Å². The van der Waals surface area contributed by atoms with Crippen LogP contribution in [0.2, 0.25) is 0 Å². The fraction of sp³-hybridized carbons (Fsp3) is 0.182. The van der Waals surface area contributed by atoms with Gasteiger partial charge in [-0.1, -0.05) is 36.4 Å². The van der Waals surface area contributed by atoms with Crippen molar-refractivity contribution in [2.45, 2.75) is 12.8 Å². The zero-order valence-electron chi connectivity index (χ0n) is 21.0. The molecule has 1 aliphatic rings. The molecule has 1 fully saturated rings. The summed E-state index contributed by atoms with van der Waals surface area (Å²) in [6.45, 7) is 2.00. The van der Waals surface area contributed by atoms with E-state index in [-0.39, 0.29) is 17.1 Å². The number of hydrogen-bond donors (Lipinski definition) is 6. The average molecular weight is 651 g/mol. The monoisotopic (exact) mass is 650 g/mol. The molecule has 0 saturated carbocycles. The Morgan fingerprint density at radius 3 is 0.650 bits per heavy atom. The van der Waals surface area contributed by atoms with Crippen molar-refractivity contribution in [3.05, 3.63) is 72.8 Å². The summed E-state index contributed by atoms with van der Waals surface area (Å²) in [5.41, 5.74) is 36.2. The Kier molecular flexibility index (Phi) is 23.9. The van der Waals surface area contributed by atoms with Crippen LogP contribution < -0.4 is 71.7 Å². The van der Waals surface area contributed by atoms with Crippen LogP contribution in [0, 0.1) is 20.5 Å². The first-order valence-electron chi connectivity index (χ1n) is 10.5. The summed E-state index contributed by atoms with van der Waals surface area (Å²) < 4.78 is 72.9. The van der Waals surface area contributed by atoms with E-state index >= 15 is 0 Å². The molecule has 0 unspecified atom stereocenters. The fourth-order valence-electron chi connectivity index (χ4n) is 2.04. The Bertz CT molecular complexity index is 846. The third-order valence-electron chi connectivity index (χ3n) is 3.82. The van der Waals surface area contributed by atoms with Crippen molar-refractivity contribution in [1.82, 2.24) is 0 Å². The van der Waals surface area contributed by atoms with Gasteiger partial charge in [0.25, 0.3) is 0 Å². The van der Waals surface area contributed by atoms with E-state index in [0.29, 0.717) is 34.1 Å². The molecule has 4 rings (SSSR count). The van der Waals surface area contributed by atoms with E-state index in [2.05, 4.69) is 0 Å². The smallest absolute Gasteiger partial charge is 0.397 e. The second-order valence-electron chi connectivity index (χ2n) is 6.96. The molecular weight excluding hydrogens is 619 g/mol. The van der Waals surface area contributed by atoms with Gasteiger partial charge in [-0.2, -0.15) is 0 Å². The molecule has 0 radical (unpaired) electrons. The zero-order valence-corrected chi connectivity index (χ0v) is 23.6. The van der Waals surface area contributed by atoms with Crippen molar-refractivity contribution >= 4 is 34.1 Å². The van der Waals surface area contributed by atoms with Crippen LogP contribution in [0.3, 0.4) is 0 Å². The SMILES string of the molecule is C1CCOC1.Nc1ccccc1N.Nc1ccccc1N.Nc1ccccc1N.[Fe+2].[O-][Cl+3]([O-])([O-])[O-].[O-][Cl+3]([O-])([O-])[O-]. The van der Waals surface area contributed by atoms with Gasteiger partial charge in [0.1, 0.15) is 0 Å². The first-order valence-corrected chi connectivity index (χ1v) is 13.0. The van der Waals surface area contributed by atoms with Crippen LogP contribution in [0.1, 0.15) is 12.8 Å². The first-order chi connectivity index (χ1) is 17.9. The van der Waals surface area contributed by atoms with Crippen LogP contribution in [0.15, 0.2) is 72.8 Å². The molecule has 40 heavy (non-hydrogen) atoms.